The molecule has 1 saturated heterocycles. The van der Waals surface area contributed by atoms with E-state index < -0.39 is 17.6 Å². The molecule has 0 radical (unpaired) electrons. The number of carbonyl (C=O) groups excluding carboxylic acids is 1. The number of aromatic nitrogens is 2. The van der Waals surface area contributed by atoms with Crippen molar-refractivity contribution in [3.05, 3.63) is 31.1 Å². The molecule has 1 amide bonds. The van der Waals surface area contributed by atoms with E-state index in [1.165, 1.54) is 17.8 Å². The van der Waals surface area contributed by atoms with Crippen LogP contribution in [0.1, 0.15) is 6.42 Å². The van der Waals surface area contributed by atoms with Crippen molar-refractivity contribution >= 4 is 17.9 Å². The lowest BCUT2D eigenvalue weighted by atomic mass is 9.92. The summed E-state index contributed by atoms with van der Waals surface area (Å²) in [5.74, 6) is -0.00374. The third-order valence-electron chi connectivity index (χ3n) is 3.69. The third-order valence-corrected chi connectivity index (χ3v) is 4.73. The van der Waals surface area contributed by atoms with Crippen molar-refractivity contribution in [1.82, 2.24) is 20.6 Å². The van der Waals surface area contributed by atoms with E-state index in [2.05, 4.69) is 27.2 Å². The first-order chi connectivity index (χ1) is 12.1. The van der Waals surface area contributed by atoms with Gasteiger partial charge in [0, 0.05) is 31.4 Å². The predicted octanol–water partition coefficient (Wildman–Crippen LogP) is 0.792. The Labute approximate surface area is 151 Å². The van der Waals surface area contributed by atoms with Gasteiger partial charge in [-0.2, -0.15) is 0 Å². The minimum atomic E-state index is -0.662. The second kappa shape index (κ2) is 10.3. The maximum atomic E-state index is 11.6. The number of alkyl carbamates (subject to hydrolysis) is 1. The maximum absolute atomic E-state index is 11.6. The van der Waals surface area contributed by atoms with Crippen molar-refractivity contribution < 1.29 is 19.4 Å². The van der Waals surface area contributed by atoms with Gasteiger partial charge in [-0.15, -0.1) is 0 Å². The Balaban J connectivity index is 1.95. The lowest BCUT2D eigenvalue weighted by molar-refractivity contribution is -0.103. The Hall–Kier alpha value is -1.68. The molecule has 1 aliphatic heterocycles. The smallest absolute Gasteiger partial charge is 0.407 e. The molecule has 4 atom stereocenters. The zero-order valence-electron chi connectivity index (χ0n) is 14.1. The molecule has 1 aromatic heterocycles. The maximum Gasteiger partial charge on any atom is 0.407 e. The Kier molecular flexibility index (Phi) is 8.13. The SMILES string of the molecule is C=CCOC(=O)NCC1C[C@H](CNC)C(O)[C@H](Sc2ncccn2)O1. The molecule has 9 heteroatoms. The van der Waals surface area contributed by atoms with Crippen LogP contribution in [0, 0.1) is 5.92 Å². The van der Waals surface area contributed by atoms with Crippen LogP contribution in [0.2, 0.25) is 0 Å². The first-order valence-corrected chi connectivity index (χ1v) is 8.95. The van der Waals surface area contributed by atoms with Crippen LogP contribution in [0.15, 0.2) is 36.3 Å². The summed E-state index contributed by atoms with van der Waals surface area (Å²) < 4.78 is 10.8. The second-order valence-electron chi connectivity index (χ2n) is 5.59. The summed E-state index contributed by atoms with van der Waals surface area (Å²) in [6, 6.07) is 1.73. The molecule has 2 heterocycles. The molecular formula is C16H24N4O4S. The summed E-state index contributed by atoms with van der Waals surface area (Å²) in [6.45, 7) is 4.60. The number of thioether (sulfide) groups is 1. The van der Waals surface area contributed by atoms with E-state index in [9.17, 15) is 9.90 Å². The Morgan fingerprint density at radius 3 is 2.96 bits per heavy atom. The second-order valence-corrected chi connectivity index (χ2v) is 6.65. The minimum Gasteiger partial charge on any atom is -0.445 e. The largest absolute Gasteiger partial charge is 0.445 e. The van der Waals surface area contributed by atoms with Crippen LogP contribution in [-0.2, 0) is 9.47 Å². The molecule has 25 heavy (non-hydrogen) atoms. The van der Waals surface area contributed by atoms with Crippen LogP contribution in [0.3, 0.4) is 0 Å². The Morgan fingerprint density at radius 1 is 1.52 bits per heavy atom. The van der Waals surface area contributed by atoms with Crippen LogP contribution < -0.4 is 10.6 Å². The van der Waals surface area contributed by atoms with Gasteiger partial charge in [-0.05, 0) is 19.5 Å². The van der Waals surface area contributed by atoms with Crippen LogP contribution in [-0.4, -0.2) is 65.6 Å². The molecule has 2 unspecified atom stereocenters. The molecule has 2 rings (SSSR count). The van der Waals surface area contributed by atoms with Crippen molar-refractivity contribution in [2.45, 2.75) is 29.2 Å². The summed E-state index contributed by atoms with van der Waals surface area (Å²) >= 11 is 1.27. The molecule has 138 valence electrons. The normalized spacial score (nSPS) is 26.0. The van der Waals surface area contributed by atoms with Crippen LogP contribution in [0.5, 0.6) is 0 Å². The summed E-state index contributed by atoms with van der Waals surface area (Å²) in [5, 5.41) is 16.9. The average molecular weight is 368 g/mol. The fraction of sp³-hybridized carbons (Fsp3) is 0.562. The number of aliphatic hydroxyl groups excluding tert-OH is 1. The molecule has 0 spiro atoms. The number of carbonyl (C=O) groups is 1. The number of hydrogen-bond acceptors (Lipinski definition) is 8. The fourth-order valence-corrected chi connectivity index (χ4v) is 3.58. The van der Waals surface area contributed by atoms with E-state index >= 15 is 0 Å². The zero-order chi connectivity index (χ0) is 18.1. The van der Waals surface area contributed by atoms with Gasteiger partial charge in [0.05, 0.1) is 12.2 Å². The molecule has 0 aliphatic carbocycles. The van der Waals surface area contributed by atoms with E-state index in [0.29, 0.717) is 24.7 Å². The van der Waals surface area contributed by atoms with Gasteiger partial charge < -0.3 is 25.2 Å². The number of amides is 1. The van der Waals surface area contributed by atoms with Gasteiger partial charge in [0.1, 0.15) is 12.0 Å². The highest BCUT2D eigenvalue weighted by atomic mass is 32.2. The van der Waals surface area contributed by atoms with Crippen molar-refractivity contribution in [3.8, 4) is 0 Å². The van der Waals surface area contributed by atoms with E-state index in [1.54, 1.807) is 18.5 Å². The number of hydrogen-bond donors (Lipinski definition) is 3. The molecule has 1 aliphatic rings. The summed E-state index contributed by atoms with van der Waals surface area (Å²) in [4.78, 5) is 19.9. The van der Waals surface area contributed by atoms with Crippen LogP contribution in [0.4, 0.5) is 4.79 Å². The minimum absolute atomic E-state index is 0.00374. The lowest BCUT2D eigenvalue weighted by Gasteiger charge is -2.38. The van der Waals surface area contributed by atoms with Crippen molar-refractivity contribution in [1.29, 1.82) is 0 Å². The fourth-order valence-electron chi connectivity index (χ4n) is 2.55. The third kappa shape index (κ3) is 6.28. The zero-order valence-corrected chi connectivity index (χ0v) is 14.9. The first kappa shape index (κ1) is 19.6. The molecule has 0 saturated carbocycles. The van der Waals surface area contributed by atoms with Gasteiger partial charge in [0.25, 0.3) is 0 Å². The molecule has 1 fully saturated rings. The first-order valence-electron chi connectivity index (χ1n) is 8.07. The highest BCUT2D eigenvalue weighted by Crippen LogP contribution is 2.33. The van der Waals surface area contributed by atoms with Gasteiger partial charge in [-0.3, -0.25) is 0 Å². The van der Waals surface area contributed by atoms with E-state index in [1.807, 2.05) is 7.05 Å². The van der Waals surface area contributed by atoms with Gasteiger partial charge in [-0.25, -0.2) is 14.8 Å². The Morgan fingerprint density at radius 2 is 2.28 bits per heavy atom. The molecule has 0 aromatic carbocycles. The van der Waals surface area contributed by atoms with E-state index in [-0.39, 0.29) is 18.6 Å². The molecular weight excluding hydrogens is 344 g/mol. The predicted molar refractivity (Wildman–Crippen MR) is 94.1 cm³/mol. The van der Waals surface area contributed by atoms with E-state index in [4.69, 9.17) is 9.47 Å². The van der Waals surface area contributed by atoms with Gasteiger partial charge in [0.15, 0.2) is 5.16 Å². The topological polar surface area (TPSA) is 106 Å². The number of rotatable bonds is 8. The average Bonchev–Trinajstić information content (AvgIpc) is 2.62. The monoisotopic (exact) mass is 368 g/mol. The highest BCUT2D eigenvalue weighted by molar-refractivity contribution is 7.99. The Bertz CT molecular complexity index is 548. The van der Waals surface area contributed by atoms with Crippen LogP contribution in [0.25, 0.3) is 0 Å². The molecule has 8 nitrogen and oxygen atoms in total. The quantitative estimate of drug-likeness (QED) is 0.457. The summed E-state index contributed by atoms with van der Waals surface area (Å²) in [7, 11) is 1.84. The lowest BCUT2D eigenvalue weighted by Crippen LogP contribution is -2.49. The summed E-state index contributed by atoms with van der Waals surface area (Å²) in [6.07, 6.45) is 3.99. The number of nitrogens with zero attached hydrogens (tertiary/aromatic N) is 2. The molecule has 3 N–H and O–H groups in total. The number of aliphatic hydroxyl groups is 1. The van der Waals surface area contributed by atoms with Crippen molar-refractivity contribution in [3.63, 3.8) is 0 Å². The number of ether oxygens (including phenoxy) is 2. The number of nitrogens with one attached hydrogen (secondary N) is 2. The molecule has 0 bridgehead atoms. The summed E-state index contributed by atoms with van der Waals surface area (Å²) in [5.41, 5.74) is -0.509. The highest BCUT2D eigenvalue weighted by Gasteiger charge is 2.38. The van der Waals surface area contributed by atoms with Crippen molar-refractivity contribution in [2.75, 3.05) is 26.7 Å². The van der Waals surface area contributed by atoms with Gasteiger partial charge in [0.2, 0.25) is 0 Å². The van der Waals surface area contributed by atoms with Crippen molar-refractivity contribution in [2.24, 2.45) is 5.92 Å². The van der Waals surface area contributed by atoms with Crippen LogP contribution >= 0.6 is 11.8 Å². The van der Waals surface area contributed by atoms with Gasteiger partial charge >= 0.3 is 6.09 Å². The standard InChI is InChI=1S/C16H24N4O4S/c1-3-7-23-16(22)20-10-12-8-11(9-17-2)13(21)14(24-12)25-15-18-5-4-6-19-15/h3-6,11-14,17,21H,1,7-10H2,2H3,(H,20,22)/t11-,12?,13?,14+/m1/s1. The molecule has 1 aromatic rings. The van der Waals surface area contributed by atoms with Gasteiger partial charge in [-0.1, -0.05) is 24.4 Å². The van der Waals surface area contributed by atoms with E-state index in [0.717, 1.165) is 0 Å².